The largest absolute Gasteiger partial charge is 0.378 e. The molecule has 1 fully saturated rings. The normalized spacial score (nSPS) is 14.8. The van der Waals surface area contributed by atoms with E-state index in [1.165, 1.54) is 11.3 Å². The van der Waals surface area contributed by atoms with E-state index in [0.717, 1.165) is 28.5 Å². The molecule has 0 radical (unpaired) electrons. The third-order valence-corrected chi connectivity index (χ3v) is 6.21. The monoisotopic (exact) mass is 405 g/mol. The van der Waals surface area contributed by atoms with E-state index in [1.807, 2.05) is 36.6 Å². The number of carbonyl (C=O) groups excluding carboxylic acids is 1. The summed E-state index contributed by atoms with van der Waals surface area (Å²) < 4.78 is 6.31. The van der Waals surface area contributed by atoms with Gasteiger partial charge in [-0.25, -0.2) is 4.98 Å². The Morgan fingerprint density at radius 2 is 2.08 bits per heavy atom. The Morgan fingerprint density at radius 1 is 1.27 bits per heavy atom. The van der Waals surface area contributed by atoms with Gasteiger partial charge in [-0.2, -0.15) is 4.98 Å². The molecule has 26 heavy (non-hydrogen) atoms. The SMILES string of the molecule is CSc1cccc(C(=O)c2cc3nc(Cl)nc(N4CCOCC4)c3s2)c1. The molecule has 1 aliphatic rings. The van der Waals surface area contributed by atoms with E-state index >= 15 is 0 Å². The number of ether oxygens (including phenoxy) is 1. The zero-order chi connectivity index (χ0) is 18.1. The molecule has 1 aliphatic heterocycles. The van der Waals surface area contributed by atoms with Crippen LogP contribution in [0.1, 0.15) is 15.2 Å². The third kappa shape index (κ3) is 3.44. The van der Waals surface area contributed by atoms with Crippen LogP contribution in [0.4, 0.5) is 5.82 Å². The van der Waals surface area contributed by atoms with Crippen molar-refractivity contribution in [2.45, 2.75) is 4.90 Å². The lowest BCUT2D eigenvalue weighted by molar-refractivity contribution is 0.104. The Morgan fingerprint density at radius 3 is 2.85 bits per heavy atom. The predicted octanol–water partition coefficient (Wildman–Crippen LogP) is 4.13. The van der Waals surface area contributed by atoms with E-state index in [0.29, 0.717) is 29.2 Å². The summed E-state index contributed by atoms with van der Waals surface area (Å²) in [5.74, 6) is 0.776. The molecule has 134 valence electrons. The molecule has 0 spiro atoms. The predicted molar refractivity (Wildman–Crippen MR) is 107 cm³/mol. The average molecular weight is 406 g/mol. The van der Waals surface area contributed by atoms with Crippen molar-refractivity contribution in [3.05, 3.63) is 46.1 Å². The summed E-state index contributed by atoms with van der Waals surface area (Å²) >= 11 is 9.16. The highest BCUT2D eigenvalue weighted by Crippen LogP contribution is 2.34. The lowest BCUT2D eigenvalue weighted by Crippen LogP contribution is -2.36. The average Bonchev–Trinajstić information content (AvgIpc) is 3.11. The second kappa shape index (κ2) is 7.52. The smallest absolute Gasteiger partial charge is 0.224 e. The lowest BCUT2D eigenvalue weighted by atomic mass is 10.1. The molecule has 0 N–H and O–H groups in total. The highest BCUT2D eigenvalue weighted by Gasteiger charge is 2.21. The number of fused-ring (bicyclic) bond motifs is 1. The molecule has 0 bridgehead atoms. The van der Waals surface area contributed by atoms with Crippen LogP contribution in [0.25, 0.3) is 10.2 Å². The van der Waals surface area contributed by atoms with Gasteiger partial charge in [0.05, 0.1) is 28.3 Å². The first-order valence-electron chi connectivity index (χ1n) is 8.14. The zero-order valence-corrected chi connectivity index (χ0v) is 16.5. The first-order valence-corrected chi connectivity index (χ1v) is 10.6. The van der Waals surface area contributed by atoms with Gasteiger partial charge in [-0.3, -0.25) is 4.79 Å². The molecule has 2 aromatic heterocycles. The van der Waals surface area contributed by atoms with E-state index in [1.54, 1.807) is 11.8 Å². The number of anilines is 1. The summed E-state index contributed by atoms with van der Waals surface area (Å²) in [4.78, 5) is 25.5. The fourth-order valence-corrected chi connectivity index (χ4v) is 4.60. The standard InChI is InChI=1S/C18H16ClN3O2S2/c1-25-12-4-2-3-11(9-12)15(23)14-10-13-16(26-14)17(21-18(19)20-13)22-5-7-24-8-6-22/h2-4,9-10H,5-8H2,1H3. The second-order valence-electron chi connectivity index (χ2n) is 5.80. The van der Waals surface area contributed by atoms with E-state index in [9.17, 15) is 4.79 Å². The molecule has 5 nitrogen and oxygen atoms in total. The second-order valence-corrected chi connectivity index (χ2v) is 8.07. The van der Waals surface area contributed by atoms with E-state index in [2.05, 4.69) is 14.9 Å². The van der Waals surface area contributed by atoms with Gasteiger partial charge in [0, 0.05) is 23.5 Å². The van der Waals surface area contributed by atoms with E-state index in [-0.39, 0.29) is 11.1 Å². The van der Waals surface area contributed by atoms with Crippen LogP contribution < -0.4 is 4.90 Å². The van der Waals surface area contributed by atoms with Crippen molar-refractivity contribution in [3.8, 4) is 0 Å². The number of rotatable bonds is 4. The summed E-state index contributed by atoms with van der Waals surface area (Å²) in [6, 6.07) is 9.47. The molecule has 0 amide bonds. The number of thiophene rings is 1. The minimum Gasteiger partial charge on any atom is -0.378 e. The van der Waals surface area contributed by atoms with Crippen molar-refractivity contribution in [2.75, 3.05) is 37.5 Å². The van der Waals surface area contributed by atoms with Crippen LogP contribution in [0.2, 0.25) is 5.28 Å². The highest BCUT2D eigenvalue weighted by atomic mass is 35.5. The number of hydrogen-bond acceptors (Lipinski definition) is 7. The quantitative estimate of drug-likeness (QED) is 0.369. The summed E-state index contributed by atoms with van der Waals surface area (Å²) in [5.41, 5.74) is 1.39. The van der Waals surface area contributed by atoms with Crippen LogP contribution >= 0.6 is 34.7 Å². The number of halogens is 1. The maximum absolute atomic E-state index is 12.9. The molecule has 0 aliphatic carbocycles. The molecule has 4 rings (SSSR count). The molecule has 0 unspecified atom stereocenters. The zero-order valence-electron chi connectivity index (χ0n) is 14.1. The summed E-state index contributed by atoms with van der Waals surface area (Å²) in [7, 11) is 0. The maximum atomic E-state index is 12.9. The Hall–Kier alpha value is -1.67. The molecular formula is C18H16ClN3O2S2. The number of aromatic nitrogens is 2. The number of hydrogen-bond donors (Lipinski definition) is 0. The fourth-order valence-electron chi connectivity index (χ4n) is 2.90. The first kappa shape index (κ1) is 17.7. The molecule has 0 atom stereocenters. The van der Waals surface area contributed by atoms with Gasteiger partial charge in [0.15, 0.2) is 5.82 Å². The van der Waals surface area contributed by atoms with Gasteiger partial charge in [-0.1, -0.05) is 12.1 Å². The van der Waals surface area contributed by atoms with Crippen molar-refractivity contribution in [1.29, 1.82) is 0 Å². The Bertz CT molecular complexity index is 970. The van der Waals surface area contributed by atoms with Crippen LogP contribution in [0.15, 0.2) is 35.2 Å². The van der Waals surface area contributed by atoms with Crippen LogP contribution in [0, 0.1) is 0 Å². The molecule has 3 heterocycles. The molecular weight excluding hydrogens is 390 g/mol. The summed E-state index contributed by atoms with van der Waals surface area (Å²) in [5, 5.41) is 0.195. The molecule has 1 aromatic carbocycles. The van der Waals surface area contributed by atoms with Crippen LogP contribution in [0.3, 0.4) is 0 Å². The topological polar surface area (TPSA) is 55.3 Å². The highest BCUT2D eigenvalue weighted by molar-refractivity contribution is 7.98. The van der Waals surface area contributed by atoms with Gasteiger partial charge in [-0.15, -0.1) is 23.1 Å². The first-order chi connectivity index (χ1) is 12.7. The van der Waals surface area contributed by atoms with Crippen molar-refractivity contribution in [1.82, 2.24) is 9.97 Å². The van der Waals surface area contributed by atoms with Crippen molar-refractivity contribution in [3.63, 3.8) is 0 Å². The van der Waals surface area contributed by atoms with E-state index < -0.39 is 0 Å². The van der Waals surface area contributed by atoms with Crippen molar-refractivity contribution in [2.24, 2.45) is 0 Å². The van der Waals surface area contributed by atoms with Gasteiger partial charge in [0.2, 0.25) is 11.1 Å². The molecule has 3 aromatic rings. The minimum absolute atomic E-state index is 0.00653. The molecule has 1 saturated heterocycles. The van der Waals surface area contributed by atoms with Crippen LogP contribution in [-0.2, 0) is 4.74 Å². The number of morpholine rings is 1. The summed E-state index contributed by atoms with van der Waals surface area (Å²) in [6.45, 7) is 2.81. The number of nitrogens with zero attached hydrogens (tertiary/aromatic N) is 3. The van der Waals surface area contributed by atoms with Crippen molar-refractivity contribution < 1.29 is 9.53 Å². The van der Waals surface area contributed by atoms with Gasteiger partial charge >= 0.3 is 0 Å². The lowest BCUT2D eigenvalue weighted by Gasteiger charge is -2.28. The van der Waals surface area contributed by atoms with Crippen molar-refractivity contribution >= 4 is 56.5 Å². The molecule has 8 heteroatoms. The van der Waals surface area contributed by atoms with Gasteiger partial charge < -0.3 is 9.64 Å². The van der Waals surface area contributed by atoms with Gasteiger partial charge in [0.1, 0.15) is 0 Å². The van der Waals surface area contributed by atoms with Gasteiger partial charge in [0.25, 0.3) is 0 Å². The number of thioether (sulfide) groups is 1. The Balaban J connectivity index is 1.76. The van der Waals surface area contributed by atoms with Gasteiger partial charge in [-0.05, 0) is 36.1 Å². The van der Waals surface area contributed by atoms with Crippen LogP contribution in [-0.4, -0.2) is 48.3 Å². The van der Waals surface area contributed by atoms with Crippen LogP contribution in [0.5, 0.6) is 0 Å². The van der Waals surface area contributed by atoms with E-state index in [4.69, 9.17) is 16.3 Å². The summed E-state index contributed by atoms with van der Waals surface area (Å²) in [6.07, 6.45) is 2.00. The Kier molecular flexibility index (Phi) is 5.13. The number of ketones is 1. The maximum Gasteiger partial charge on any atom is 0.224 e. The fraction of sp³-hybridized carbons (Fsp3) is 0.278. The number of benzene rings is 1. The number of carbonyl (C=O) groups is 1. The molecule has 0 saturated carbocycles. The third-order valence-electron chi connectivity index (χ3n) is 4.19. The minimum atomic E-state index is -0.00653. The Labute approximate surface area is 164 Å².